The molecule has 192 valence electrons. The molecule has 4 aromatic rings. The predicted octanol–water partition coefficient (Wildman–Crippen LogP) is 4.34. The molecule has 0 spiro atoms. The number of alkyl halides is 3. The molecule has 0 unspecified atom stereocenters. The summed E-state index contributed by atoms with van der Waals surface area (Å²) in [6.07, 6.45) is 2.02. The predicted molar refractivity (Wildman–Crippen MR) is 130 cm³/mol. The number of phenols is 1. The number of nitrogen functional groups attached to an aromatic ring is 1. The Morgan fingerprint density at radius 1 is 1.22 bits per heavy atom. The number of rotatable bonds is 5. The number of anilines is 2. The Labute approximate surface area is 209 Å². The number of nitrogens with two attached hydrogens (primary N) is 1. The Morgan fingerprint density at radius 3 is 2.65 bits per heavy atom. The van der Waals surface area contributed by atoms with E-state index < -0.39 is 28.8 Å². The van der Waals surface area contributed by atoms with Crippen molar-refractivity contribution in [3.8, 4) is 17.3 Å². The minimum atomic E-state index is -4.74. The summed E-state index contributed by atoms with van der Waals surface area (Å²) in [5.41, 5.74) is 5.84. The molecule has 0 radical (unpaired) electrons. The highest BCUT2D eigenvalue weighted by Gasteiger charge is 2.48. The van der Waals surface area contributed by atoms with Crippen molar-refractivity contribution < 1.29 is 23.1 Å². The van der Waals surface area contributed by atoms with Gasteiger partial charge in [0.2, 0.25) is 5.91 Å². The van der Waals surface area contributed by atoms with Crippen LogP contribution in [0.2, 0.25) is 0 Å². The molecular formula is C25H24F3N7O2. The fourth-order valence-corrected chi connectivity index (χ4v) is 4.58. The van der Waals surface area contributed by atoms with Gasteiger partial charge in [0, 0.05) is 18.6 Å². The third-order valence-corrected chi connectivity index (χ3v) is 6.63. The van der Waals surface area contributed by atoms with Gasteiger partial charge in [-0.2, -0.15) is 13.2 Å². The topological polar surface area (TPSA) is 131 Å². The Morgan fingerprint density at radius 2 is 1.97 bits per heavy atom. The maximum atomic E-state index is 13.1. The number of hydrogen-bond acceptors (Lipinski definition) is 7. The molecule has 3 aromatic heterocycles. The lowest BCUT2D eigenvalue weighted by Gasteiger charge is -2.24. The lowest BCUT2D eigenvalue weighted by molar-refractivity contribution is -0.138. The first kappa shape index (κ1) is 24.5. The number of fused-ring (bicyclic) bond motifs is 2. The van der Waals surface area contributed by atoms with Crippen LogP contribution in [0.25, 0.3) is 17.2 Å². The molecule has 4 N–H and O–H groups in total. The van der Waals surface area contributed by atoms with E-state index in [0.29, 0.717) is 18.0 Å². The van der Waals surface area contributed by atoms with Gasteiger partial charge in [-0.25, -0.2) is 19.9 Å². The van der Waals surface area contributed by atoms with Crippen molar-refractivity contribution in [3.63, 3.8) is 0 Å². The van der Waals surface area contributed by atoms with Crippen molar-refractivity contribution in [1.29, 1.82) is 0 Å². The van der Waals surface area contributed by atoms with Crippen LogP contribution in [0.4, 0.5) is 24.8 Å². The van der Waals surface area contributed by atoms with Crippen LogP contribution >= 0.6 is 0 Å². The van der Waals surface area contributed by atoms with Crippen molar-refractivity contribution in [2.75, 3.05) is 11.1 Å². The van der Waals surface area contributed by atoms with Gasteiger partial charge in [0.05, 0.1) is 16.8 Å². The van der Waals surface area contributed by atoms with Crippen LogP contribution in [0.15, 0.2) is 36.8 Å². The second-order valence-corrected chi connectivity index (χ2v) is 9.63. The fourth-order valence-electron chi connectivity index (χ4n) is 4.58. The molecule has 1 aromatic carbocycles. The monoisotopic (exact) mass is 511 g/mol. The number of imidazole rings is 1. The van der Waals surface area contributed by atoms with Crippen molar-refractivity contribution in [3.05, 3.63) is 59.2 Å². The molecule has 9 nitrogen and oxygen atoms in total. The Hall–Kier alpha value is -4.22. The van der Waals surface area contributed by atoms with Gasteiger partial charge in [-0.1, -0.05) is 19.9 Å². The molecule has 1 aliphatic heterocycles. The second kappa shape index (κ2) is 8.43. The van der Waals surface area contributed by atoms with Gasteiger partial charge >= 0.3 is 6.18 Å². The van der Waals surface area contributed by atoms with Crippen LogP contribution in [0.1, 0.15) is 49.6 Å². The average molecular weight is 512 g/mol. The molecule has 5 rings (SSSR count). The minimum Gasteiger partial charge on any atom is -0.507 e. The van der Waals surface area contributed by atoms with Gasteiger partial charge in [0.25, 0.3) is 0 Å². The van der Waals surface area contributed by atoms with Gasteiger partial charge < -0.3 is 20.6 Å². The molecule has 0 saturated carbocycles. The van der Waals surface area contributed by atoms with E-state index in [9.17, 15) is 23.1 Å². The van der Waals surface area contributed by atoms with Crippen molar-refractivity contribution >= 4 is 23.2 Å². The Balaban J connectivity index is 1.60. The first-order chi connectivity index (χ1) is 17.4. The summed E-state index contributed by atoms with van der Waals surface area (Å²) < 4.78 is 41.2. The zero-order chi connectivity index (χ0) is 26.7. The summed E-state index contributed by atoms with van der Waals surface area (Å²) in [4.78, 5) is 31.1. The number of aromatic hydroxyl groups is 1. The fraction of sp³-hybridized carbons (Fsp3) is 0.320. The summed E-state index contributed by atoms with van der Waals surface area (Å²) >= 11 is 0. The first-order valence-electron chi connectivity index (χ1n) is 11.6. The molecule has 1 amide bonds. The number of aromatic nitrogens is 5. The van der Waals surface area contributed by atoms with E-state index in [-0.39, 0.29) is 28.6 Å². The normalized spacial score (nSPS) is 17.4. The summed E-state index contributed by atoms with van der Waals surface area (Å²) in [5.74, 6) is -0.810. The van der Waals surface area contributed by atoms with E-state index in [2.05, 4.69) is 34.1 Å². The second-order valence-electron chi connectivity index (χ2n) is 9.63. The van der Waals surface area contributed by atoms with E-state index in [1.54, 1.807) is 18.6 Å². The number of nitrogens with one attached hydrogen (secondary N) is 1. The molecule has 1 atom stereocenters. The number of aryl methyl sites for hydroxylation is 1. The van der Waals surface area contributed by atoms with Crippen molar-refractivity contribution in [1.82, 2.24) is 24.3 Å². The highest BCUT2D eigenvalue weighted by molar-refractivity contribution is 6.09. The van der Waals surface area contributed by atoms with Crippen LogP contribution in [-0.4, -0.2) is 35.4 Å². The highest BCUT2D eigenvalue weighted by atomic mass is 19.4. The molecule has 12 heteroatoms. The summed E-state index contributed by atoms with van der Waals surface area (Å²) in [7, 11) is 0. The number of carbonyl (C=O) groups excluding carboxylic acids is 1. The lowest BCUT2D eigenvalue weighted by atomic mass is 9.77. The van der Waals surface area contributed by atoms with Crippen molar-refractivity contribution in [2.45, 2.75) is 45.2 Å². The molecule has 0 saturated heterocycles. The summed E-state index contributed by atoms with van der Waals surface area (Å²) in [6, 6.07) is 2.79. The molecule has 0 aliphatic carbocycles. The summed E-state index contributed by atoms with van der Waals surface area (Å²) in [6.45, 7) is 5.73. The average Bonchev–Trinajstić information content (AvgIpc) is 3.39. The number of carbonyl (C=O) groups is 1. The molecule has 4 heterocycles. The van der Waals surface area contributed by atoms with E-state index in [1.165, 1.54) is 6.92 Å². The number of halogens is 3. The number of phenolic OH excluding ortho intramolecular Hbond substituents is 1. The summed E-state index contributed by atoms with van der Waals surface area (Å²) in [5, 5.41) is 12.7. The number of amides is 1. The highest BCUT2D eigenvalue weighted by Crippen LogP contribution is 2.47. The van der Waals surface area contributed by atoms with E-state index >= 15 is 0 Å². The van der Waals surface area contributed by atoms with Gasteiger partial charge in [0.15, 0.2) is 11.5 Å². The number of hydrogen-bond donors (Lipinski definition) is 3. The number of benzene rings is 1. The zero-order valence-corrected chi connectivity index (χ0v) is 20.3. The van der Waals surface area contributed by atoms with Gasteiger partial charge in [0.1, 0.15) is 28.5 Å². The molecular weight excluding hydrogens is 487 g/mol. The van der Waals surface area contributed by atoms with E-state index in [1.807, 2.05) is 4.40 Å². The quantitative estimate of drug-likeness (QED) is 0.363. The maximum absolute atomic E-state index is 13.1. The number of nitrogens with zero attached hydrogens (tertiary/aromatic N) is 5. The van der Waals surface area contributed by atoms with Crippen LogP contribution in [0, 0.1) is 5.92 Å². The zero-order valence-electron chi connectivity index (χ0n) is 20.3. The maximum Gasteiger partial charge on any atom is 0.419 e. The Kier molecular flexibility index (Phi) is 5.57. The molecule has 0 fully saturated rings. The molecule has 37 heavy (non-hydrogen) atoms. The Bertz CT molecular complexity index is 1550. The van der Waals surface area contributed by atoms with Gasteiger partial charge in [-0.3, -0.25) is 4.79 Å². The minimum absolute atomic E-state index is 0.0310. The smallest absolute Gasteiger partial charge is 0.419 e. The van der Waals surface area contributed by atoms with Crippen LogP contribution < -0.4 is 11.1 Å². The van der Waals surface area contributed by atoms with Gasteiger partial charge in [-0.05, 0) is 43.4 Å². The SMILES string of the molecule is CC(C)CCc1nc(-c2nc(N)c3c(n2)NC(=O)[C@]3(C)c2ccc(C(F)(F)F)c(O)c2)cn2ccnc12. The van der Waals surface area contributed by atoms with Crippen LogP contribution in [0.3, 0.4) is 0 Å². The van der Waals surface area contributed by atoms with Gasteiger partial charge in [-0.15, -0.1) is 0 Å². The van der Waals surface area contributed by atoms with Crippen molar-refractivity contribution in [2.24, 2.45) is 5.92 Å². The van der Waals surface area contributed by atoms with E-state index in [0.717, 1.165) is 36.0 Å². The van der Waals surface area contributed by atoms with Crippen LogP contribution in [0.5, 0.6) is 5.75 Å². The molecule has 0 bridgehead atoms. The van der Waals surface area contributed by atoms with E-state index in [4.69, 9.17) is 10.7 Å². The van der Waals surface area contributed by atoms with Crippen LogP contribution in [-0.2, 0) is 22.8 Å². The first-order valence-corrected chi connectivity index (χ1v) is 11.6. The molecule has 1 aliphatic rings. The third-order valence-electron chi connectivity index (χ3n) is 6.63. The largest absolute Gasteiger partial charge is 0.507 e. The lowest BCUT2D eigenvalue weighted by Crippen LogP contribution is -2.33. The standard InChI is InChI=1S/C25H24F3N7O2/c1-12(2)4-7-15-22-30-8-9-35(22)11-16(31-15)20-32-19(29)18-21(33-20)34-23(37)24(18,3)13-5-6-14(17(36)10-13)25(26,27)28/h5-6,8-12,36H,4,7H2,1-3H3,(H3,29,32,33,34,37)/t24-/m1/s1. The third kappa shape index (κ3) is 4.02.